The van der Waals surface area contributed by atoms with Crippen molar-refractivity contribution in [2.75, 3.05) is 18.0 Å². The SMILES string of the molecule is NCC=Cn1ncc(N)c1N. The van der Waals surface area contributed by atoms with Crippen LogP contribution in [0, 0.1) is 0 Å². The zero-order valence-corrected chi connectivity index (χ0v) is 6.07. The number of aromatic nitrogens is 2. The number of hydrogen-bond acceptors (Lipinski definition) is 4. The van der Waals surface area contributed by atoms with Crippen LogP contribution in [0.2, 0.25) is 0 Å². The maximum Gasteiger partial charge on any atom is 0.149 e. The molecule has 1 rings (SSSR count). The summed E-state index contributed by atoms with van der Waals surface area (Å²) in [4.78, 5) is 0. The molecule has 1 aromatic rings. The molecule has 1 heterocycles. The van der Waals surface area contributed by atoms with E-state index in [1.165, 1.54) is 10.9 Å². The van der Waals surface area contributed by atoms with E-state index in [2.05, 4.69) is 5.10 Å². The van der Waals surface area contributed by atoms with Gasteiger partial charge in [-0.05, 0) is 0 Å². The normalized spacial score (nSPS) is 11.0. The van der Waals surface area contributed by atoms with Gasteiger partial charge in [-0.3, -0.25) is 0 Å². The van der Waals surface area contributed by atoms with Crippen molar-refractivity contribution < 1.29 is 0 Å². The molecule has 0 radical (unpaired) electrons. The molecule has 0 saturated carbocycles. The zero-order chi connectivity index (χ0) is 8.27. The molecule has 0 atom stereocenters. The number of nitrogens with zero attached hydrogens (tertiary/aromatic N) is 2. The molecular formula is C6H11N5. The first kappa shape index (κ1) is 7.62. The van der Waals surface area contributed by atoms with Crippen LogP contribution >= 0.6 is 0 Å². The van der Waals surface area contributed by atoms with Gasteiger partial charge in [-0.15, -0.1) is 0 Å². The highest BCUT2D eigenvalue weighted by molar-refractivity contribution is 5.60. The van der Waals surface area contributed by atoms with Gasteiger partial charge < -0.3 is 17.2 Å². The largest absolute Gasteiger partial charge is 0.394 e. The van der Waals surface area contributed by atoms with Crippen LogP contribution in [0.15, 0.2) is 12.3 Å². The fraction of sp³-hybridized carbons (Fsp3) is 0.167. The minimum atomic E-state index is 0.440. The highest BCUT2D eigenvalue weighted by Crippen LogP contribution is 2.11. The lowest BCUT2D eigenvalue weighted by Crippen LogP contribution is -2.00. The van der Waals surface area contributed by atoms with E-state index in [1.54, 1.807) is 12.3 Å². The molecular weight excluding hydrogens is 142 g/mol. The van der Waals surface area contributed by atoms with Gasteiger partial charge in [0.15, 0.2) is 0 Å². The van der Waals surface area contributed by atoms with Gasteiger partial charge in [-0.1, -0.05) is 6.08 Å². The van der Waals surface area contributed by atoms with E-state index in [1.807, 2.05) is 0 Å². The summed E-state index contributed by atoms with van der Waals surface area (Å²) >= 11 is 0. The van der Waals surface area contributed by atoms with Gasteiger partial charge in [0.1, 0.15) is 5.82 Å². The third-order valence-corrected chi connectivity index (χ3v) is 1.25. The first-order valence-corrected chi connectivity index (χ1v) is 3.21. The van der Waals surface area contributed by atoms with Crippen LogP contribution in [0.3, 0.4) is 0 Å². The first-order valence-electron chi connectivity index (χ1n) is 3.21. The number of nitrogen functional groups attached to an aromatic ring is 2. The predicted octanol–water partition coefficient (Wildman–Crippen LogP) is -0.523. The maximum absolute atomic E-state index is 5.53. The summed E-state index contributed by atoms with van der Waals surface area (Å²) in [5.74, 6) is 0.440. The zero-order valence-electron chi connectivity index (χ0n) is 6.07. The average Bonchev–Trinajstić information content (AvgIpc) is 2.31. The Morgan fingerprint density at radius 3 is 2.73 bits per heavy atom. The molecule has 11 heavy (non-hydrogen) atoms. The summed E-state index contributed by atoms with van der Waals surface area (Å²) in [6.07, 6.45) is 4.91. The Hall–Kier alpha value is -1.49. The van der Waals surface area contributed by atoms with E-state index < -0.39 is 0 Å². The Labute approximate surface area is 64.5 Å². The minimum absolute atomic E-state index is 0.440. The lowest BCUT2D eigenvalue weighted by molar-refractivity contribution is 0.941. The van der Waals surface area contributed by atoms with Crippen LogP contribution < -0.4 is 17.2 Å². The smallest absolute Gasteiger partial charge is 0.149 e. The minimum Gasteiger partial charge on any atom is -0.394 e. The van der Waals surface area contributed by atoms with Crippen LogP contribution in [0.5, 0.6) is 0 Å². The number of nitrogens with two attached hydrogens (primary N) is 3. The third kappa shape index (κ3) is 1.50. The summed E-state index contributed by atoms with van der Waals surface area (Å²) in [5.41, 5.74) is 16.7. The van der Waals surface area contributed by atoms with E-state index in [9.17, 15) is 0 Å². The lowest BCUT2D eigenvalue weighted by atomic mass is 10.5. The van der Waals surface area contributed by atoms with Crippen LogP contribution in [0.4, 0.5) is 11.5 Å². The highest BCUT2D eigenvalue weighted by Gasteiger charge is 1.98. The Balaban J connectivity index is 2.87. The molecule has 6 N–H and O–H groups in total. The summed E-state index contributed by atoms with van der Waals surface area (Å²) in [5, 5.41) is 3.88. The van der Waals surface area contributed by atoms with Gasteiger partial charge in [-0.25, -0.2) is 4.68 Å². The van der Waals surface area contributed by atoms with Crippen molar-refractivity contribution in [3.05, 3.63) is 12.3 Å². The second kappa shape index (κ2) is 3.07. The number of rotatable bonds is 2. The number of anilines is 2. The number of hydrogen-bond donors (Lipinski definition) is 3. The molecule has 0 aromatic carbocycles. The maximum atomic E-state index is 5.53. The molecule has 5 nitrogen and oxygen atoms in total. The molecule has 0 aliphatic heterocycles. The van der Waals surface area contributed by atoms with Gasteiger partial charge in [0.25, 0.3) is 0 Å². The summed E-state index contributed by atoms with van der Waals surface area (Å²) in [6.45, 7) is 0.458. The van der Waals surface area contributed by atoms with E-state index >= 15 is 0 Å². The summed E-state index contributed by atoms with van der Waals surface area (Å²) in [6, 6.07) is 0. The lowest BCUT2D eigenvalue weighted by Gasteiger charge is -1.94. The predicted molar refractivity (Wildman–Crippen MR) is 45.4 cm³/mol. The molecule has 5 heteroatoms. The molecule has 0 aliphatic rings. The Kier molecular flexibility index (Phi) is 2.12. The monoisotopic (exact) mass is 153 g/mol. The van der Waals surface area contributed by atoms with Crippen molar-refractivity contribution >= 4 is 17.7 Å². The van der Waals surface area contributed by atoms with Gasteiger partial charge in [0.05, 0.1) is 11.9 Å². The van der Waals surface area contributed by atoms with Crippen molar-refractivity contribution in [3.63, 3.8) is 0 Å². The Morgan fingerprint density at radius 1 is 1.55 bits per heavy atom. The quantitative estimate of drug-likeness (QED) is 0.532. The van der Waals surface area contributed by atoms with E-state index in [4.69, 9.17) is 17.2 Å². The molecule has 0 saturated heterocycles. The van der Waals surface area contributed by atoms with Gasteiger partial charge in [-0.2, -0.15) is 5.10 Å². The van der Waals surface area contributed by atoms with Crippen LogP contribution in [-0.4, -0.2) is 16.3 Å². The van der Waals surface area contributed by atoms with Crippen molar-refractivity contribution in [1.82, 2.24) is 9.78 Å². The van der Waals surface area contributed by atoms with Crippen molar-refractivity contribution in [3.8, 4) is 0 Å². The first-order chi connectivity index (χ1) is 5.25. The Bertz CT molecular complexity index is 262. The summed E-state index contributed by atoms with van der Waals surface area (Å²) < 4.78 is 1.47. The fourth-order valence-electron chi connectivity index (χ4n) is 0.665. The van der Waals surface area contributed by atoms with E-state index in [0.29, 0.717) is 18.1 Å². The fourth-order valence-corrected chi connectivity index (χ4v) is 0.665. The van der Waals surface area contributed by atoms with Crippen LogP contribution in [0.1, 0.15) is 0 Å². The van der Waals surface area contributed by atoms with E-state index in [-0.39, 0.29) is 0 Å². The average molecular weight is 153 g/mol. The van der Waals surface area contributed by atoms with Crippen molar-refractivity contribution in [2.45, 2.75) is 0 Å². The highest BCUT2D eigenvalue weighted by atomic mass is 15.3. The Morgan fingerprint density at radius 2 is 2.27 bits per heavy atom. The van der Waals surface area contributed by atoms with Crippen LogP contribution in [-0.2, 0) is 0 Å². The van der Waals surface area contributed by atoms with Crippen LogP contribution in [0.25, 0.3) is 6.20 Å². The molecule has 1 aromatic heterocycles. The molecule has 0 aliphatic carbocycles. The van der Waals surface area contributed by atoms with E-state index in [0.717, 1.165) is 0 Å². The molecule has 0 spiro atoms. The second-order valence-corrected chi connectivity index (χ2v) is 2.05. The standard InChI is InChI=1S/C6H11N5/c7-2-1-3-11-6(9)5(8)4-10-11/h1,3-4H,2,7-9H2. The van der Waals surface area contributed by atoms with Crippen molar-refractivity contribution in [2.24, 2.45) is 5.73 Å². The van der Waals surface area contributed by atoms with Gasteiger partial charge >= 0.3 is 0 Å². The van der Waals surface area contributed by atoms with Gasteiger partial charge in [0.2, 0.25) is 0 Å². The molecule has 0 amide bonds. The molecule has 0 bridgehead atoms. The molecule has 0 unspecified atom stereocenters. The second-order valence-electron chi connectivity index (χ2n) is 2.05. The molecule has 60 valence electrons. The van der Waals surface area contributed by atoms with Crippen molar-refractivity contribution in [1.29, 1.82) is 0 Å². The molecule has 0 fully saturated rings. The third-order valence-electron chi connectivity index (χ3n) is 1.25. The summed E-state index contributed by atoms with van der Waals surface area (Å²) in [7, 11) is 0. The van der Waals surface area contributed by atoms with Gasteiger partial charge in [0, 0.05) is 12.7 Å². The topological polar surface area (TPSA) is 95.9 Å².